The van der Waals surface area contributed by atoms with Crippen molar-refractivity contribution < 1.29 is 18.7 Å². The van der Waals surface area contributed by atoms with Crippen LogP contribution in [0.1, 0.15) is 22.3 Å². The van der Waals surface area contributed by atoms with Crippen LogP contribution in [0.2, 0.25) is 5.02 Å². The van der Waals surface area contributed by atoms with Gasteiger partial charge in [0.05, 0.1) is 0 Å². The number of carbonyl (C=O) groups excluding carboxylic acids is 2. The number of hydrogen-bond acceptors (Lipinski definition) is 4. The number of nitrogens with one attached hydrogen (secondary N) is 2. The van der Waals surface area contributed by atoms with Gasteiger partial charge in [-0.2, -0.15) is 0 Å². The number of hydrogen-bond donors (Lipinski definition) is 2. The molecule has 0 aliphatic rings. The Labute approximate surface area is 178 Å². The first-order chi connectivity index (χ1) is 14.5. The van der Waals surface area contributed by atoms with Crippen LogP contribution in [0.3, 0.4) is 0 Å². The summed E-state index contributed by atoms with van der Waals surface area (Å²) >= 11 is 5.80. The molecule has 3 aromatic rings. The molecule has 1 aromatic heterocycles. The Balaban J connectivity index is 1.48. The molecule has 2 N–H and O–H groups in total. The number of benzene rings is 2. The fourth-order valence-electron chi connectivity index (χ4n) is 2.57. The van der Waals surface area contributed by atoms with Gasteiger partial charge in [0, 0.05) is 47.9 Å². The lowest BCUT2D eigenvalue weighted by Crippen LogP contribution is -2.30. The molecule has 0 aliphatic carbocycles. The van der Waals surface area contributed by atoms with Gasteiger partial charge in [-0.3, -0.25) is 9.59 Å². The molecular weight excluding hydrogens is 409 g/mol. The molecule has 0 saturated carbocycles. The molecule has 0 radical (unpaired) electrons. The Morgan fingerprint density at radius 3 is 2.60 bits per heavy atom. The van der Waals surface area contributed by atoms with Crippen LogP contribution in [0.5, 0.6) is 11.6 Å². The molecule has 0 atom stereocenters. The highest BCUT2D eigenvalue weighted by molar-refractivity contribution is 6.30. The second-order valence-corrected chi connectivity index (χ2v) is 6.75. The lowest BCUT2D eigenvalue weighted by Gasteiger charge is -2.11. The minimum Gasteiger partial charge on any atom is -0.439 e. The second-order valence-electron chi connectivity index (χ2n) is 6.32. The highest BCUT2D eigenvalue weighted by Crippen LogP contribution is 2.23. The lowest BCUT2D eigenvalue weighted by atomic mass is 10.2. The molecule has 0 unspecified atom stereocenters. The van der Waals surface area contributed by atoms with E-state index in [1.807, 2.05) is 0 Å². The van der Waals surface area contributed by atoms with Crippen LogP contribution < -0.4 is 15.4 Å². The van der Waals surface area contributed by atoms with Crippen LogP contribution in [-0.2, 0) is 11.3 Å². The van der Waals surface area contributed by atoms with E-state index in [4.69, 9.17) is 16.3 Å². The van der Waals surface area contributed by atoms with Crippen molar-refractivity contribution in [3.05, 3.63) is 88.8 Å². The maximum Gasteiger partial charge on any atom is 0.251 e. The number of nitrogens with zero attached hydrogens (tertiary/aromatic N) is 1. The standard InChI is InChI=1S/C22H19ClFN3O3/c23-17-8-6-15(7-9-17)21(29)25-12-10-20(28)27-14-16-3-2-11-26-22(16)30-19-5-1-4-18(24)13-19/h1-9,11,13H,10,12,14H2,(H,25,29)(H,27,28). The zero-order valence-corrected chi connectivity index (χ0v) is 16.7. The predicted molar refractivity (Wildman–Crippen MR) is 111 cm³/mol. The summed E-state index contributed by atoms with van der Waals surface area (Å²) in [6.45, 7) is 0.370. The minimum atomic E-state index is -0.418. The third-order valence-electron chi connectivity index (χ3n) is 4.08. The average Bonchev–Trinajstić information content (AvgIpc) is 2.73. The van der Waals surface area contributed by atoms with Crippen LogP contribution >= 0.6 is 11.6 Å². The molecule has 1 heterocycles. The van der Waals surface area contributed by atoms with Gasteiger partial charge in [-0.05, 0) is 42.5 Å². The zero-order chi connectivity index (χ0) is 21.3. The average molecular weight is 428 g/mol. The quantitative estimate of drug-likeness (QED) is 0.567. The molecule has 6 nitrogen and oxygen atoms in total. The van der Waals surface area contributed by atoms with Crippen molar-refractivity contribution in [1.29, 1.82) is 0 Å². The van der Waals surface area contributed by atoms with E-state index in [2.05, 4.69) is 15.6 Å². The number of pyridine rings is 1. The van der Waals surface area contributed by atoms with Crippen molar-refractivity contribution in [2.24, 2.45) is 0 Å². The zero-order valence-electron chi connectivity index (χ0n) is 15.9. The molecule has 0 aliphatic heterocycles. The van der Waals surface area contributed by atoms with E-state index in [1.54, 1.807) is 48.7 Å². The van der Waals surface area contributed by atoms with E-state index in [0.717, 1.165) is 0 Å². The van der Waals surface area contributed by atoms with Crippen LogP contribution in [-0.4, -0.2) is 23.3 Å². The third kappa shape index (κ3) is 6.28. The van der Waals surface area contributed by atoms with Gasteiger partial charge in [-0.15, -0.1) is 0 Å². The van der Waals surface area contributed by atoms with Crippen LogP contribution in [0.15, 0.2) is 66.9 Å². The number of rotatable bonds is 8. The summed E-state index contributed by atoms with van der Waals surface area (Å²) in [5, 5.41) is 5.98. The summed E-state index contributed by atoms with van der Waals surface area (Å²) in [4.78, 5) is 28.3. The predicted octanol–water partition coefficient (Wildman–Crippen LogP) is 4.10. The summed E-state index contributed by atoms with van der Waals surface area (Å²) in [7, 11) is 0. The normalized spacial score (nSPS) is 10.3. The molecule has 3 rings (SSSR count). The smallest absolute Gasteiger partial charge is 0.251 e. The van der Waals surface area contributed by atoms with Gasteiger partial charge in [0.25, 0.3) is 5.91 Å². The summed E-state index contributed by atoms with van der Waals surface area (Å²) in [5.74, 6) is -0.353. The number of aromatic nitrogens is 1. The molecule has 8 heteroatoms. The minimum absolute atomic E-state index is 0.111. The molecular formula is C22H19ClFN3O3. The maximum absolute atomic E-state index is 13.3. The van der Waals surface area contributed by atoms with E-state index in [9.17, 15) is 14.0 Å². The largest absolute Gasteiger partial charge is 0.439 e. The molecule has 2 amide bonds. The Kier molecular flexibility index (Phi) is 7.34. The van der Waals surface area contributed by atoms with Crippen molar-refractivity contribution in [3.63, 3.8) is 0 Å². The Bertz CT molecular complexity index is 1030. The van der Waals surface area contributed by atoms with Gasteiger partial charge in [0.2, 0.25) is 11.8 Å². The van der Waals surface area contributed by atoms with Gasteiger partial charge in [-0.1, -0.05) is 23.7 Å². The van der Waals surface area contributed by atoms with Crippen molar-refractivity contribution in [3.8, 4) is 11.6 Å². The summed E-state index contributed by atoms with van der Waals surface area (Å²) in [5.41, 5.74) is 1.11. The molecule has 0 saturated heterocycles. The molecule has 0 bridgehead atoms. The molecule has 0 spiro atoms. The van der Waals surface area contributed by atoms with Crippen LogP contribution in [0.25, 0.3) is 0 Å². The van der Waals surface area contributed by atoms with Gasteiger partial charge >= 0.3 is 0 Å². The van der Waals surface area contributed by atoms with Crippen molar-refractivity contribution in [2.45, 2.75) is 13.0 Å². The van der Waals surface area contributed by atoms with E-state index in [1.165, 1.54) is 18.2 Å². The van der Waals surface area contributed by atoms with Gasteiger partial charge in [0.1, 0.15) is 11.6 Å². The Morgan fingerprint density at radius 1 is 1.03 bits per heavy atom. The molecule has 2 aromatic carbocycles. The Hall–Kier alpha value is -3.45. The number of carbonyl (C=O) groups is 2. The molecule has 154 valence electrons. The van der Waals surface area contributed by atoms with E-state index < -0.39 is 5.82 Å². The van der Waals surface area contributed by atoms with Gasteiger partial charge in [-0.25, -0.2) is 9.37 Å². The van der Waals surface area contributed by atoms with Crippen LogP contribution in [0, 0.1) is 5.82 Å². The van der Waals surface area contributed by atoms with Gasteiger partial charge in [0.15, 0.2) is 0 Å². The number of amides is 2. The van der Waals surface area contributed by atoms with Crippen molar-refractivity contribution >= 4 is 23.4 Å². The Morgan fingerprint density at radius 2 is 1.83 bits per heavy atom. The fourth-order valence-corrected chi connectivity index (χ4v) is 2.69. The molecule has 30 heavy (non-hydrogen) atoms. The third-order valence-corrected chi connectivity index (χ3v) is 4.33. The monoisotopic (exact) mass is 427 g/mol. The first-order valence-corrected chi connectivity index (χ1v) is 9.57. The second kappa shape index (κ2) is 10.4. The first kappa shape index (κ1) is 21.3. The lowest BCUT2D eigenvalue weighted by molar-refractivity contribution is -0.121. The van der Waals surface area contributed by atoms with Crippen molar-refractivity contribution in [1.82, 2.24) is 15.6 Å². The van der Waals surface area contributed by atoms with Gasteiger partial charge < -0.3 is 15.4 Å². The topological polar surface area (TPSA) is 80.3 Å². The first-order valence-electron chi connectivity index (χ1n) is 9.19. The highest BCUT2D eigenvalue weighted by Gasteiger charge is 2.10. The highest BCUT2D eigenvalue weighted by atomic mass is 35.5. The van der Waals surface area contributed by atoms with Crippen LogP contribution in [0.4, 0.5) is 4.39 Å². The van der Waals surface area contributed by atoms with E-state index >= 15 is 0 Å². The fraction of sp³-hybridized carbons (Fsp3) is 0.136. The summed E-state index contributed by atoms with van der Waals surface area (Å²) in [6, 6.07) is 15.7. The SMILES string of the molecule is O=C(CCNC(=O)c1ccc(Cl)cc1)NCc1cccnc1Oc1cccc(F)c1. The maximum atomic E-state index is 13.3. The summed E-state index contributed by atoms with van der Waals surface area (Å²) in [6.07, 6.45) is 1.66. The molecule has 0 fully saturated rings. The number of halogens is 2. The van der Waals surface area contributed by atoms with E-state index in [0.29, 0.717) is 21.9 Å². The van der Waals surface area contributed by atoms with E-state index in [-0.39, 0.29) is 37.2 Å². The van der Waals surface area contributed by atoms with Crippen molar-refractivity contribution in [2.75, 3.05) is 6.54 Å². The summed E-state index contributed by atoms with van der Waals surface area (Å²) < 4.78 is 19.0. The number of ether oxygens (including phenoxy) is 1.